The molecule has 1 aliphatic carbocycles. The number of benzene rings is 2. The molecule has 0 spiro atoms. The van der Waals surface area contributed by atoms with Gasteiger partial charge in [0.25, 0.3) is 0 Å². The summed E-state index contributed by atoms with van der Waals surface area (Å²) in [6.07, 6.45) is -4.89. The second-order valence-electron chi connectivity index (χ2n) is 6.91. The zero-order valence-electron chi connectivity index (χ0n) is 14.7. The number of hydrogen-bond acceptors (Lipinski definition) is 4. The topological polar surface area (TPSA) is 69.2 Å². The van der Waals surface area contributed by atoms with Crippen LogP contribution in [0.5, 0.6) is 0 Å². The fraction of sp³-hybridized carbons (Fsp3) is 0.250. The van der Waals surface area contributed by atoms with Crippen molar-refractivity contribution in [1.82, 2.24) is 5.16 Å². The summed E-state index contributed by atoms with van der Waals surface area (Å²) in [6.45, 7) is 1.34. The van der Waals surface area contributed by atoms with Gasteiger partial charge >= 0.3 is 11.9 Å². The molecule has 1 saturated carbocycles. The first kappa shape index (κ1) is 18.2. The molecule has 28 heavy (non-hydrogen) atoms. The monoisotopic (exact) mass is 388 g/mol. The largest absolute Gasteiger partial charge is 0.399 e. The van der Waals surface area contributed by atoms with Gasteiger partial charge in [-0.05, 0) is 30.0 Å². The Morgan fingerprint density at radius 3 is 2.29 bits per heavy atom. The molecule has 4 rings (SSSR count). The molecule has 0 bridgehead atoms. The Labute approximate surface area is 157 Å². The van der Waals surface area contributed by atoms with Gasteiger partial charge in [-0.3, -0.25) is 10.1 Å². The molecule has 0 radical (unpaired) electrons. The minimum absolute atomic E-state index is 0.0256. The number of nitrogens with zero attached hydrogens (tertiary/aromatic N) is 2. The van der Waals surface area contributed by atoms with Gasteiger partial charge in [-0.15, -0.1) is 0 Å². The van der Waals surface area contributed by atoms with Crippen LogP contribution in [0.15, 0.2) is 59.1 Å². The molecule has 2 atom stereocenters. The number of alkyl halides is 3. The number of aromatic nitrogens is 1. The van der Waals surface area contributed by atoms with Crippen molar-refractivity contribution in [2.75, 3.05) is 0 Å². The molecule has 1 aliphatic rings. The summed E-state index contributed by atoms with van der Waals surface area (Å²) >= 11 is 0. The Morgan fingerprint density at radius 2 is 1.71 bits per heavy atom. The van der Waals surface area contributed by atoms with Gasteiger partial charge in [-0.2, -0.15) is 13.2 Å². The summed E-state index contributed by atoms with van der Waals surface area (Å²) < 4.78 is 47.1. The number of nitro groups is 1. The van der Waals surface area contributed by atoms with Gasteiger partial charge in [-0.25, -0.2) is 0 Å². The lowest BCUT2D eigenvalue weighted by Crippen LogP contribution is -2.30. The van der Waals surface area contributed by atoms with Crippen LogP contribution in [0.4, 0.5) is 18.9 Å². The van der Waals surface area contributed by atoms with Gasteiger partial charge in [-0.1, -0.05) is 59.8 Å². The van der Waals surface area contributed by atoms with Crippen LogP contribution in [0, 0.1) is 17.0 Å². The maximum atomic E-state index is 14.0. The smallest absolute Gasteiger partial charge is 0.353 e. The first-order valence-corrected chi connectivity index (χ1v) is 8.59. The van der Waals surface area contributed by atoms with Crippen LogP contribution in [-0.4, -0.2) is 16.3 Å². The summed E-state index contributed by atoms with van der Waals surface area (Å²) in [4.78, 5) is 10.5. The highest BCUT2D eigenvalue weighted by molar-refractivity contribution is 5.64. The van der Waals surface area contributed by atoms with E-state index in [4.69, 9.17) is 4.52 Å². The lowest BCUT2D eigenvalue weighted by Gasteiger charge is -2.21. The van der Waals surface area contributed by atoms with Crippen LogP contribution < -0.4 is 0 Å². The van der Waals surface area contributed by atoms with E-state index in [1.165, 1.54) is 19.1 Å². The molecule has 2 aromatic carbocycles. The molecule has 1 heterocycles. The quantitative estimate of drug-likeness (QED) is 0.434. The normalized spacial score (nSPS) is 21.5. The molecule has 0 aliphatic heterocycles. The van der Waals surface area contributed by atoms with Crippen LogP contribution in [0.2, 0.25) is 0 Å². The third-order valence-electron chi connectivity index (χ3n) is 5.33. The van der Waals surface area contributed by atoms with Crippen molar-refractivity contribution in [3.63, 3.8) is 0 Å². The zero-order chi connectivity index (χ0) is 20.1. The first-order chi connectivity index (χ1) is 13.3. The number of halogens is 3. The van der Waals surface area contributed by atoms with E-state index >= 15 is 0 Å². The van der Waals surface area contributed by atoms with Crippen molar-refractivity contribution in [2.24, 2.45) is 0 Å². The Kier molecular flexibility index (Phi) is 4.02. The standard InChI is InChI=1S/C20H15F3N2O3/c1-12-17(25(26)27)18(28-24-12)16-11-19(16,20(21,22)23)15-9-7-14(8-10-15)13-5-3-2-4-6-13/h2-10,16H,11H2,1H3/t16-,19-/m1/s1. The highest BCUT2D eigenvalue weighted by Gasteiger charge is 2.74. The van der Waals surface area contributed by atoms with Gasteiger partial charge in [0.05, 0.1) is 4.92 Å². The fourth-order valence-corrected chi connectivity index (χ4v) is 3.80. The third-order valence-corrected chi connectivity index (χ3v) is 5.33. The molecule has 5 nitrogen and oxygen atoms in total. The summed E-state index contributed by atoms with van der Waals surface area (Å²) in [5, 5.41) is 14.8. The van der Waals surface area contributed by atoms with E-state index < -0.39 is 28.1 Å². The van der Waals surface area contributed by atoms with E-state index in [9.17, 15) is 23.3 Å². The van der Waals surface area contributed by atoms with Crippen LogP contribution in [-0.2, 0) is 5.41 Å². The summed E-state index contributed by atoms with van der Waals surface area (Å²) in [7, 11) is 0. The minimum Gasteiger partial charge on any atom is -0.353 e. The molecule has 1 aromatic heterocycles. The molecular formula is C20H15F3N2O3. The Morgan fingerprint density at radius 1 is 1.11 bits per heavy atom. The van der Waals surface area contributed by atoms with Crippen LogP contribution in [0.25, 0.3) is 11.1 Å². The van der Waals surface area contributed by atoms with Gasteiger partial charge < -0.3 is 4.52 Å². The van der Waals surface area contributed by atoms with Crippen molar-refractivity contribution in [3.05, 3.63) is 81.7 Å². The molecule has 0 unspecified atom stereocenters. The minimum atomic E-state index is -4.58. The van der Waals surface area contributed by atoms with E-state index in [0.717, 1.165) is 11.1 Å². The van der Waals surface area contributed by atoms with E-state index in [0.29, 0.717) is 0 Å². The van der Waals surface area contributed by atoms with Crippen LogP contribution in [0.1, 0.15) is 29.4 Å². The highest BCUT2D eigenvalue weighted by Crippen LogP contribution is 2.69. The molecule has 8 heteroatoms. The molecule has 3 aromatic rings. The maximum absolute atomic E-state index is 14.0. The Balaban J connectivity index is 1.74. The molecule has 0 saturated heterocycles. The lowest BCUT2D eigenvalue weighted by atomic mass is 9.90. The maximum Gasteiger partial charge on any atom is 0.399 e. The average molecular weight is 388 g/mol. The third kappa shape index (κ3) is 2.67. The van der Waals surface area contributed by atoms with Crippen molar-refractivity contribution in [2.45, 2.75) is 30.9 Å². The van der Waals surface area contributed by atoms with Gasteiger partial charge in [0, 0.05) is 5.92 Å². The molecular weight excluding hydrogens is 373 g/mol. The molecule has 0 N–H and O–H groups in total. The average Bonchev–Trinajstić information content (AvgIpc) is 3.32. The Hall–Kier alpha value is -3.16. The van der Waals surface area contributed by atoms with Gasteiger partial charge in [0.15, 0.2) is 5.69 Å². The van der Waals surface area contributed by atoms with E-state index in [1.807, 2.05) is 30.3 Å². The van der Waals surface area contributed by atoms with Crippen LogP contribution in [0.3, 0.4) is 0 Å². The van der Waals surface area contributed by atoms with E-state index in [1.54, 1.807) is 12.1 Å². The number of aryl methyl sites for hydroxylation is 1. The second-order valence-corrected chi connectivity index (χ2v) is 6.91. The van der Waals surface area contributed by atoms with Gasteiger partial charge in [0.1, 0.15) is 5.41 Å². The number of rotatable bonds is 4. The van der Waals surface area contributed by atoms with Gasteiger partial charge in [0.2, 0.25) is 5.76 Å². The first-order valence-electron chi connectivity index (χ1n) is 8.59. The predicted octanol–water partition coefficient (Wildman–Crippen LogP) is 5.55. The zero-order valence-corrected chi connectivity index (χ0v) is 14.7. The molecule has 144 valence electrons. The van der Waals surface area contributed by atoms with Crippen molar-refractivity contribution in [1.29, 1.82) is 0 Å². The van der Waals surface area contributed by atoms with Crippen molar-refractivity contribution >= 4 is 5.69 Å². The Bertz CT molecular complexity index is 1030. The summed E-state index contributed by atoms with van der Waals surface area (Å²) in [5.74, 6) is -1.48. The van der Waals surface area contributed by atoms with E-state index in [2.05, 4.69) is 5.16 Å². The molecule has 1 fully saturated rings. The molecule has 0 amide bonds. The fourth-order valence-electron chi connectivity index (χ4n) is 3.80. The van der Waals surface area contributed by atoms with Crippen LogP contribution >= 0.6 is 0 Å². The lowest BCUT2D eigenvalue weighted by molar-refractivity contribution is -0.386. The SMILES string of the molecule is Cc1noc([C@H]2C[C@]2(c2ccc(-c3ccccc3)cc2)C(F)(F)F)c1[N+](=O)[O-]. The predicted molar refractivity (Wildman–Crippen MR) is 94.9 cm³/mol. The second kappa shape index (κ2) is 6.19. The highest BCUT2D eigenvalue weighted by atomic mass is 19.4. The van der Waals surface area contributed by atoms with E-state index in [-0.39, 0.29) is 23.4 Å². The van der Waals surface area contributed by atoms with Crippen molar-refractivity contribution in [3.8, 4) is 11.1 Å². The summed E-state index contributed by atoms with van der Waals surface area (Å²) in [5.41, 5.74) is -0.962. The summed E-state index contributed by atoms with van der Waals surface area (Å²) in [6, 6.07) is 15.4. The number of hydrogen-bond donors (Lipinski definition) is 0. The van der Waals surface area contributed by atoms with Crippen molar-refractivity contribution < 1.29 is 22.6 Å².